The van der Waals surface area contributed by atoms with Gasteiger partial charge in [-0.25, -0.2) is 9.37 Å². The lowest BCUT2D eigenvalue weighted by Gasteiger charge is -2.16. The summed E-state index contributed by atoms with van der Waals surface area (Å²) < 4.78 is 14.6. The topological polar surface area (TPSA) is 104 Å². The molecule has 0 saturated heterocycles. The number of fused-ring (bicyclic) bond motifs is 1. The average Bonchev–Trinajstić information content (AvgIpc) is 2.83. The highest BCUT2D eigenvalue weighted by Gasteiger charge is 2.14. The smallest absolute Gasteiger partial charge is 0.251 e. The summed E-state index contributed by atoms with van der Waals surface area (Å²) in [5.41, 5.74) is 1.66. The molecule has 0 aliphatic carbocycles. The highest BCUT2D eigenvalue weighted by atomic mass is 19.1. The van der Waals surface area contributed by atoms with Gasteiger partial charge in [0.1, 0.15) is 17.2 Å². The van der Waals surface area contributed by atoms with Crippen LogP contribution in [0.15, 0.2) is 71.7 Å². The lowest BCUT2D eigenvalue weighted by atomic mass is 10.0. The summed E-state index contributed by atoms with van der Waals surface area (Å²) in [5.74, 6) is -0.784. The number of halogens is 1. The van der Waals surface area contributed by atoms with E-state index in [1.807, 2.05) is 30.3 Å². The van der Waals surface area contributed by atoms with Crippen molar-refractivity contribution < 1.29 is 14.0 Å². The van der Waals surface area contributed by atoms with Gasteiger partial charge in [-0.3, -0.25) is 14.4 Å². The van der Waals surface area contributed by atoms with E-state index in [2.05, 4.69) is 20.6 Å². The van der Waals surface area contributed by atoms with Crippen LogP contribution >= 0.6 is 0 Å². The SMILES string of the molecule is CC(=O)c1c[nH]c2ccc(NC[C@H](C)NC(=O)c3ccc(-c4ccccc4)c(F)c3)nc2c1=O. The summed E-state index contributed by atoms with van der Waals surface area (Å²) in [6.07, 6.45) is 1.38. The summed E-state index contributed by atoms with van der Waals surface area (Å²) in [7, 11) is 0. The summed E-state index contributed by atoms with van der Waals surface area (Å²) in [6, 6.07) is 16.6. The number of rotatable bonds is 7. The molecule has 0 unspecified atom stereocenters. The van der Waals surface area contributed by atoms with Gasteiger partial charge < -0.3 is 15.6 Å². The third-order valence-corrected chi connectivity index (χ3v) is 5.39. The van der Waals surface area contributed by atoms with Crippen molar-refractivity contribution in [2.24, 2.45) is 0 Å². The van der Waals surface area contributed by atoms with Gasteiger partial charge in [0.15, 0.2) is 5.78 Å². The molecule has 172 valence electrons. The zero-order chi connectivity index (χ0) is 24.2. The molecule has 0 aliphatic rings. The zero-order valence-corrected chi connectivity index (χ0v) is 18.7. The summed E-state index contributed by atoms with van der Waals surface area (Å²) in [5, 5.41) is 5.89. The number of aromatic amines is 1. The van der Waals surface area contributed by atoms with Gasteiger partial charge >= 0.3 is 0 Å². The number of Topliss-reactive ketones (excluding diaryl/α,β-unsaturated/α-hetero) is 1. The van der Waals surface area contributed by atoms with E-state index in [9.17, 15) is 18.8 Å². The third-order valence-electron chi connectivity index (χ3n) is 5.39. The van der Waals surface area contributed by atoms with E-state index in [1.165, 1.54) is 19.2 Å². The van der Waals surface area contributed by atoms with E-state index in [1.54, 1.807) is 31.2 Å². The lowest BCUT2D eigenvalue weighted by molar-refractivity contribution is 0.0940. The van der Waals surface area contributed by atoms with Crippen molar-refractivity contribution in [2.75, 3.05) is 11.9 Å². The number of aromatic nitrogens is 2. The van der Waals surface area contributed by atoms with Crippen molar-refractivity contribution >= 4 is 28.5 Å². The first-order valence-corrected chi connectivity index (χ1v) is 10.8. The van der Waals surface area contributed by atoms with Crippen molar-refractivity contribution in [1.29, 1.82) is 0 Å². The van der Waals surface area contributed by atoms with Gasteiger partial charge in [0.2, 0.25) is 5.43 Å². The number of nitrogens with one attached hydrogen (secondary N) is 3. The van der Waals surface area contributed by atoms with Crippen molar-refractivity contribution in [3.8, 4) is 11.1 Å². The van der Waals surface area contributed by atoms with E-state index in [0.717, 1.165) is 5.56 Å². The molecule has 34 heavy (non-hydrogen) atoms. The number of amides is 1. The second-order valence-corrected chi connectivity index (χ2v) is 8.00. The summed E-state index contributed by atoms with van der Waals surface area (Å²) >= 11 is 0. The predicted octanol–water partition coefficient (Wildman–Crippen LogP) is 4.16. The van der Waals surface area contributed by atoms with Crippen molar-refractivity contribution in [1.82, 2.24) is 15.3 Å². The Morgan fingerprint density at radius 1 is 1.09 bits per heavy atom. The van der Waals surface area contributed by atoms with Gasteiger partial charge in [-0.1, -0.05) is 36.4 Å². The zero-order valence-electron chi connectivity index (χ0n) is 18.7. The molecule has 4 aromatic rings. The normalized spacial score (nSPS) is 11.7. The number of carbonyl (C=O) groups is 2. The van der Waals surface area contributed by atoms with Crippen LogP contribution < -0.4 is 16.1 Å². The fraction of sp³-hybridized carbons (Fsp3) is 0.154. The Bertz CT molecular complexity index is 1430. The Balaban J connectivity index is 1.41. The van der Waals surface area contributed by atoms with Crippen LogP contribution in [0.5, 0.6) is 0 Å². The highest BCUT2D eigenvalue weighted by Crippen LogP contribution is 2.23. The number of hydrogen-bond acceptors (Lipinski definition) is 5. The lowest BCUT2D eigenvalue weighted by Crippen LogP contribution is -2.37. The molecule has 7 nitrogen and oxygen atoms in total. The number of H-pyrrole nitrogens is 1. The van der Waals surface area contributed by atoms with Crippen LogP contribution in [0.4, 0.5) is 10.2 Å². The number of ketones is 1. The van der Waals surface area contributed by atoms with Crippen LogP contribution in [-0.2, 0) is 0 Å². The van der Waals surface area contributed by atoms with Crippen LogP contribution in [0.3, 0.4) is 0 Å². The molecular weight excluding hydrogens is 435 g/mol. The maximum atomic E-state index is 14.6. The number of hydrogen-bond donors (Lipinski definition) is 3. The third kappa shape index (κ3) is 4.85. The van der Waals surface area contributed by atoms with Crippen molar-refractivity contribution in [2.45, 2.75) is 19.9 Å². The molecule has 1 atom stereocenters. The molecule has 0 saturated carbocycles. The fourth-order valence-corrected chi connectivity index (χ4v) is 3.58. The van der Waals surface area contributed by atoms with Crippen molar-refractivity contribution in [3.05, 3.63) is 94.0 Å². The van der Waals surface area contributed by atoms with E-state index >= 15 is 0 Å². The van der Waals surface area contributed by atoms with Gasteiger partial charge in [0, 0.05) is 29.9 Å². The van der Waals surface area contributed by atoms with Crippen LogP contribution in [0.25, 0.3) is 22.2 Å². The molecule has 1 amide bonds. The molecule has 0 radical (unpaired) electrons. The molecule has 2 aromatic carbocycles. The molecule has 4 rings (SSSR count). The van der Waals surface area contributed by atoms with E-state index in [0.29, 0.717) is 23.4 Å². The fourth-order valence-electron chi connectivity index (χ4n) is 3.58. The van der Waals surface area contributed by atoms with Crippen LogP contribution in [-0.4, -0.2) is 34.2 Å². The predicted molar refractivity (Wildman–Crippen MR) is 130 cm³/mol. The van der Waals surface area contributed by atoms with Crippen LogP contribution in [0.1, 0.15) is 34.6 Å². The Morgan fingerprint density at radius 3 is 2.56 bits per heavy atom. The molecule has 8 heteroatoms. The average molecular weight is 458 g/mol. The van der Waals surface area contributed by atoms with Gasteiger partial charge in [0.25, 0.3) is 5.91 Å². The number of anilines is 1. The van der Waals surface area contributed by atoms with Crippen LogP contribution in [0, 0.1) is 5.82 Å². The first-order valence-electron chi connectivity index (χ1n) is 10.8. The first-order chi connectivity index (χ1) is 16.3. The van der Waals surface area contributed by atoms with E-state index in [-0.39, 0.29) is 28.5 Å². The summed E-state index contributed by atoms with van der Waals surface area (Å²) in [6.45, 7) is 3.43. The standard InChI is InChI=1S/C26H23FN4O3/c1-15(13-29-23-11-10-22-24(31-23)25(33)20(14-28-22)16(2)32)30-26(34)18-8-9-19(21(27)12-18)17-6-4-3-5-7-17/h3-12,14-15H,13H2,1-2H3,(H,28,33)(H,29,31)(H,30,34)/t15-/m0/s1. The first kappa shape index (κ1) is 22.8. The van der Waals surface area contributed by atoms with E-state index in [4.69, 9.17) is 0 Å². The van der Waals surface area contributed by atoms with Gasteiger partial charge in [-0.2, -0.15) is 0 Å². The quantitative estimate of drug-likeness (QED) is 0.361. The second kappa shape index (κ2) is 9.66. The molecule has 0 bridgehead atoms. The maximum Gasteiger partial charge on any atom is 0.251 e. The largest absolute Gasteiger partial charge is 0.368 e. The molecule has 0 fully saturated rings. The highest BCUT2D eigenvalue weighted by molar-refractivity contribution is 5.96. The van der Waals surface area contributed by atoms with Gasteiger partial charge in [-0.15, -0.1) is 0 Å². The Morgan fingerprint density at radius 2 is 1.85 bits per heavy atom. The molecule has 0 aliphatic heterocycles. The molecule has 3 N–H and O–H groups in total. The summed E-state index contributed by atoms with van der Waals surface area (Å²) in [4.78, 5) is 43.9. The van der Waals surface area contributed by atoms with Crippen molar-refractivity contribution in [3.63, 3.8) is 0 Å². The van der Waals surface area contributed by atoms with E-state index < -0.39 is 17.2 Å². The minimum Gasteiger partial charge on any atom is -0.368 e. The minimum absolute atomic E-state index is 0.0447. The number of nitrogens with zero attached hydrogens (tertiary/aromatic N) is 1. The van der Waals surface area contributed by atoms with Crippen LogP contribution in [0.2, 0.25) is 0 Å². The Labute approximate surface area is 195 Å². The number of carbonyl (C=O) groups excluding carboxylic acids is 2. The minimum atomic E-state index is -0.472. The Kier molecular flexibility index (Phi) is 6.49. The second-order valence-electron chi connectivity index (χ2n) is 8.00. The monoisotopic (exact) mass is 458 g/mol. The number of pyridine rings is 2. The van der Waals surface area contributed by atoms with Gasteiger partial charge in [-0.05, 0) is 43.7 Å². The molecule has 0 spiro atoms. The Hall–Kier alpha value is -4.33. The molecular formula is C26H23FN4O3. The molecule has 2 aromatic heterocycles. The molecule has 2 heterocycles. The maximum absolute atomic E-state index is 14.6. The number of benzene rings is 2. The van der Waals surface area contributed by atoms with Gasteiger partial charge in [0.05, 0.1) is 11.1 Å².